The van der Waals surface area contributed by atoms with Crippen LogP contribution in [0.2, 0.25) is 0 Å². The van der Waals surface area contributed by atoms with Crippen molar-refractivity contribution in [2.24, 2.45) is 17.0 Å². The number of sulfonamides is 2. The monoisotopic (exact) mass is 519 g/mol. The van der Waals surface area contributed by atoms with Crippen molar-refractivity contribution in [3.8, 4) is 11.1 Å². The molecule has 186 valence electrons. The number of hydrogen-bond donors (Lipinski definition) is 3. The largest absolute Gasteiger partial charge is 0.410 e. The summed E-state index contributed by atoms with van der Waals surface area (Å²) in [5.74, 6) is 0.978. The first-order valence-corrected chi connectivity index (χ1v) is 14.8. The second kappa shape index (κ2) is 8.09. The van der Waals surface area contributed by atoms with Crippen molar-refractivity contribution in [1.82, 2.24) is 9.44 Å². The Morgan fingerprint density at radius 3 is 1.89 bits per heavy atom. The van der Waals surface area contributed by atoms with E-state index < -0.39 is 32.3 Å². The lowest BCUT2D eigenvalue weighted by Gasteiger charge is -2.30. The maximum atomic E-state index is 13.1. The normalized spacial score (nSPS) is 30.3. The van der Waals surface area contributed by atoms with Crippen molar-refractivity contribution in [2.45, 2.75) is 66.6 Å². The third kappa shape index (κ3) is 3.89. The number of hydrogen-bond acceptors (Lipinski definition) is 6. The van der Waals surface area contributed by atoms with E-state index in [1.165, 1.54) is 30.7 Å². The van der Waals surface area contributed by atoms with Crippen molar-refractivity contribution < 1.29 is 26.4 Å². The quantitative estimate of drug-likeness (QED) is 0.341. The van der Waals surface area contributed by atoms with Gasteiger partial charge in [0.1, 0.15) is 11.9 Å². The number of nitrogens with zero attached hydrogens (tertiary/aromatic N) is 1. The van der Waals surface area contributed by atoms with E-state index in [1.807, 2.05) is 0 Å². The molecule has 35 heavy (non-hydrogen) atoms. The molecule has 2 bridgehead atoms. The Kier molecular flexibility index (Phi) is 5.33. The third-order valence-corrected chi connectivity index (χ3v) is 11.0. The molecular weight excluding hydrogens is 493 g/mol. The molecule has 11 heteroatoms. The highest BCUT2D eigenvalue weighted by atomic mass is 32.2. The zero-order chi connectivity index (χ0) is 24.5. The van der Waals surface area contributed by atoms with Crippen molar-refractivity contribution >= 4 is 25.8 Å². The van der Waals surface area contributed by atoms with E-state index in [1.54, 1.807) is 12.1 Å². The molecule has 0 amide bonds. The molecule has 2 aromatic carbocycles. The first kappa shape index (κ1) is 23.1. The molecule has 0 saturated heterocycles. The zero-order valence-corrected chi connectivity index (χ0v) is 20.4. The Morgan fingerprint density at radius 2 is 1.40 bits per heavy atom. The lowest BCUT2D eigenvalue weighted by atomic mass is 9.92. The molecule has 0 radical (unpaired) electrons. The number of alkyl halides is 1. The van der Waals surface area contributed by atoms with Gasteiger partial charge < -0.3 is 5.21 Å². The van der Waals surface area contributed by atoms with Crippen LogP contribution in [0.4, 0.5) is 4.39 Å². The van der Waals surface area contributed by atoms with E-state index in [0.29, 0.717) is 34.1 Å². The summed E-state index contributed by atoms with van der Waals surface area (Å²) in [5, 5.41) is 13.2. The molecule has 4 aliphatic rings. The molecular formula is C24H26FN3O5S2. The van der Waals surface area contributed by atoms with Gasteiger partial charge in [0.05, 0.1) is 9.79 Å². The van der Waals surface area contributed by atoms with Crippen molar-refractivity contribution in [3.63, 3.8) is 0 Å². The van der Waals surface area contributed by atoms with Crippen molar-refractivity contribution in [1.29, 1.82) is 0 Å². The van der Waals surface area contributed by atoms with Gasteiger partial charge in [-0.25, -0.2) is 30.7 Å². The van der Waals surface area contributed by atoms with Gasteiger partial charge in [-0.3, -0.25) is 0 Å². The molecule has 6 rings (SSSR count). The molecule has 3 unspecified atom stereocenters. The fourth-order valence-electron chi connectivity index (χ4n) is 6.08. The number of benzene rings is 2. The predicted octanol–water partition coefficient (Wildman–Crippen LogP) is 3.14. The van der Waals surface area contributed by atoms with Gasteiger partial charge in [0.2, 0.25) is 20.0 Å². The molecule has 4 aliphatic carbocycles. The highest BCUT2D eigenvalue weighted by molar-refractivity contribution is 7.89. The van der Waals surface area contributed by atoms with Gasteiger partial charge in [0.15, 0.2) is 0 Å². The smallest absolute Gasteiger partial charge is 0.240 e. The summed E-state index contributed by atoms with van der Waals surface area (Å²) in [6, 6.07) is 8.61. The molecule has 3 saturated carbocycles. The van der Waals surface area contributed by atoms with Gasteiger partial charge in [-0.1, -0.05) is 23.7 Å². The van der Waals surface area contributed by atoms with Gasteiger partial charge in [0, 0.05) is 23.2 Å². The lowest BCUT2D eigenvalue weighted by molar-refractivity contribution is 0.171. The highest BCUT2D eigenvalue weighted by Gasteiger charge is 2.41. The molecule has 0 heterocycles. The summed E-state index contributed by atoms with van der Waals surface area (Å²) < 4.78 is 70.4. The second-order valence-electron chi connectivity index (χ2n) is 10.2. The number of oxime groups is 1. The van der Waals surface area contributed by atoms with Crippen LogP contribution in [-0.2, 0) is 20.0 Å². The van der Waals surface area contributed by atoms with E-state index in [4.69, 9.17) is 0 Å². The van der Waals surface area contributed by atoms with Crippen molar-refractivity contribution in [3.05, 3.63) is 47.5 Å². The lowest BCUT2D eigenvalue weighted by Crippen LogP contribution is -2.45. The summed E-state index contributed by atoms with van der Waals surface area (Å²) in [7, 11) is -7.67. The van der Waals surface area contributed by atoms with E-state index >= 15 is 0 Å². The Balaban J connectivity index is 1.30. The van der Waals surface area contributed by atoms with Gasteiger partial charge >= 0.3 is 0 Å². The summed E-state index contributed by atoms with van der Waals surface area (Å²) in [4.78, 5) is 0.0477. The Hall–Kier alpha value is -2.34. The fourth-order valence-corrected chi connectivity index (χ4v) is 8.71. The highest BCUT2D eigenvalue weighted by Crippen LogP contribution is 2.45. The Morgan fingerprint density at radius 1 is 0.800 bits per heavy atom. The van der Waals surface area contributed by atoms with Crippen molar-refractivity contribution in [2.75, 3.05) is 0 Å². The van der Waals surface area contributed by atoms with Gasteiger partial charge in [-0.15, -0.1) is 0 Å². The Labute approximate surface area is 203 Å². The molecule has 3 fully saturated rings. The fraction of sp³-hybridized carbons (Fsp3) is 0.458. The van der Waals surface area contributed by atoms with Crippen LogP contribution in [0.1, 0.15) is 49.7 Å². The zero-order valence-electron chi connectivity index (χ0n) is 18.8. The van der Waals surface area contributed by atoms with Crippen LogP contribution < -0.4 is 9.44 Å². The van der Waals surface area contributed by atoms with Crippen LogP contribution in [0.3, 0.4) is 0 Å². The molecule has 3 N–H and O–H groups in total. The van der Waals surface area contributed by atoms with E-state index in [9.17, 15) is 26.4 Å². The minimum absolute atomic E-state index is 0.0293. The van der Waals surface area contributed by atoms with Crippen LogP contribution in [0, 0.1) is 11.8 Å². The maximum absolute atomic E-state index is 13.1. The van der Waals surface area contributed by atoms with Gasteiger partial charge in [0.25, 0.3) is 0 Å². The Bertz CT molecular complexity index is 1450. The third-order valence-electron chi connectivity index (χ3n) is 7.95. The van der Waals surface area contributed by atoms with Crippen LogP contribution in [-0.4, -0.2) is 46.0 Å². The standard InChI is InChI=1S/C24H26FN3O5S2/c25-15-9-16(10-15)27-34(30,31)17-3-5-19-20-6-4-18(12-22(20)24(26-29)21(19)11-17)35(32,33)28-23-8-13-1-2-14(23)7-13/h3-6,11-16,23,27-29H,1-2,7-10H2/b26-24-. The molecule has 3 atom stereocenters. The second-order valence-corrected chi connectivity index (χ2v) is 13.6. The summed E-state index contributed by atoms with van der Waals surface area (Å²) >= 11 is 0. The van der Waals surface area contributed by atoms with Gasteiger partial charge in [-0.2, -0.15) is 0 Å². The number of nitrogens with one attached hydrogen (secondary N) is 2. The molecule has 2 aromatic rings. The summed E-state index contributed by atoms with van der Waals surface area (Å²) in [5.41, 5.74) is 2.21. The molecule has 0 spiro atoms. The van der Waals surface area contributed by atoms with E-state index in [0.717, 1.165) is 19.3 Å². The number of halogens is 1. The van der Waals surface area contributed by atoms with Gasteiger partial charge in [-0.05, 0) is 79.3 Å². The molecule has 0 aromatic heterocycles. The van der Waals surface area contributed by atoms with E-state index in [2.05, 4.69) is 14.6 Å². The first-order valence-electron chi connectivity index (χ1n) is 11.8. The minimum Gasteiger partial charge on any atom is -0.410 e. The van der Waals surface area contributed by atoms with E-state index in [-0.39, 0.29) is 34.4 Å². The van der Waals surface area contributed by atoms with Crippen LogP contribution in [0.15, 0.2) is 51.3 Å². The summed E-state index contributed by atoms with van der Waals surface area (Å²) in [6.45, 7) is 0. The average molecular weight is 520 g/mol. The number of fused-ring (bicyclic) bond motifs is 5. The SMILES string of the molecule is O=S(=O)(NC1CC(F)C1)c1ccc2c(c1)/C(=N/O)c1cc(S(=O)(=O)NC3CC4CCC3C4)ccc1-2. The molecule has 0 aliphatic heterocycles. The average Bonchev–Trinajstić information content (AvgIpc) is 3.49. The predicted molar refractivity (Wildman–Crippen MR) is 127 cm³/mol. The van der Waals surface area contributed by atoms with Crippen LogP contribution in [0.5, 0.6) is 0 Å². The topological polar surface area (TPSA) is 125 Å². The molecule has 8 nitrogen and oxygen atoms in total. The minimum atomic E-state index is -3.89. The number of rotatable bonds is 6. The first-order chi connectivity index (χ1) is 16.6. The van der Waals surface area contributed by atoms with Crippen LogP contribution in [0.25, 0.3) is 11.1 Å². The maximum Gasteiger partial charge on any atom is 0.240 e. The summed E-state index contributed by atoms with van der Waals surface area (Å²) in [6.07, 6.45) is 3.45. The van der Waals surface area contributed by atoms with Crippen LogP contribution >= 0.6 is 0 Å².